The Kier molecular flexibility index (Phi) is 7.04. The Labute approximate surface area is 122 Å². The van der Waals surface area contributed by atoms with E-state index in [1.54, 1.807) is 4.31 Å². The zero-order valence-corrected chi connectivity index (χ0v) is 13.1. The number of piperidine rings is 1. The molecule has 0 bridgehead atoms. The minimum absolute atomic E-state index is 0. The van der Waals surface area contributed by atoms with Gasteiger partial charge in [-0.3, -0.25) is 0 Å². The molecule has 0 amide bonds. The van der Waals surface area contributed by atoms with Crippen LogP contribution in [-0.2, 0) is 14.8 Å². The monoisotopic (exact) mass is 312 g/mol. The summed E-state index contributed by atoms with van der Waals surface area (Å²) in [6.07, 6.45) is 2.99. The highest BCUT2D eigenvalue weighted by Gasteiger charge is 2.31. The van der Waals surface area contributed by atoms with Gasteiger partial charge in [-0.05, 0) is 44.7 Å². The van der Waals surface area contributed by atoms with Gasteiger partial charge in [0.25, 0.3) is 0 Å². The van der Waals surface area contributed by atoms with Gasteiger partial charge in [0, 0.05) is 19.7 Å². The maximum Gasteiger partial charge on any atom is 0.214 e. The molecule has 2 aliphatic rings. The minimum atomic E-state index is -3.09. The van der Waals surface area contributed by atoms with E-state index in [0.717, 1.165) is 25.8 Å². The molecule has 0 aromatic rings. The second kappa shape index (κ2) is 7.78. The van der Waals surface area contributed by atoms with Crippen molar-refractivity contribution in [2.45, 2.75) is 19.3 Å². The van der Waals surface area contributed by atoms with Crippen molar-refractivity contribution in [1.82, 2.24) is 9.62 Å². The molecular weight excluding hydrogens is 288 g/mol. The van der Waals surface area contributed by atoms with Crippen LogP contribution >= 0.6 is 12.4 Å². The first-order chi connectivity index (χ1) is 8.62. The molecule has 0 spiro atoms. The summed E-state index contributed by atoms with van der Waals surface area (Å²) in [5.74, 6) is 0.914. The maximum atomic E-state index is 12.3. The summed E-state index contributed by atoms with van der Waals surface area (Å²) in [7, 11) is -1.17. The predicted molar refractivity (Wildman–Crippen MR) is 78.2 cm³/mol. The van der Waals surface area contributed by atoms with Crippen molar-refractivity contribution in [2.75, 3.05) is 45.6 Å². The van der Waals surface area contributed by atoms with Crippen LogP contribution in [0, 0.1) is 11.8 Å². The van der Waals surface area contributed by atoms with Gasteiger partial charge in [-0.25, -0.2) is 12.7 Å². The first-order valence-electron chi connectivity index (χ1n) is 6.82. The number of sulfonamides is 1. The number of rotatable bonds is 5. The molecule has 2 unspecified atom stereocenters. The van der Waals surface area contributed by atoms with E-state index in [1.165, 1.54) is 0 Å². The van der Waals surface area contributed by atoms with E-state index in [0.29, 0.717) is 32.2 Å². The fraction of sp³-hybridized carbons (Fsp3) is 1.00. The highest BCUT2D eigenvalue weighted by atomic mass is 35.5. The summed E-state index contributed by atoms with van der Waals surface area (Å²) < 4.78 is 31.6. The van der Waals surface area contributed by atoms with E-state index in [-0.39, 0.29) is 24.1 Å². The minimum Gasteiger partial charge on any atom is -0.381 e. The Hall–Kier alpha value is 0.120. The molecule has 2 heterocycles. The molecule has 2 rings (SSSR count). The third kappa shape index (κ3) is 4.86. The van der Waals surface area contributed by atoms with Crippen LogP contribution in [0.25, 0.3) is 0 Å². The van der Waals surface area contributed by atoms with Crippen LogP contribution in [0.4, 0.5) is 0 Å². The molecule has 0 saturated carbocycles. The van der Waals surface area contributed by atoms with Crippen molar-refractivity contribution in [3.63, 3.8) is 0 Å². The van der Waals surface area contributed by atoms with Crippen molar-refractivity contribution in [1.29, 1.82) is 0 Å². The molecule has 114 valence electrons. The molecule has 5 nitrogen and oxygen atoms in total. The van der Waals surface area contributed by atoms with E-state index in [2.05, 4.69) is 5.32 Å². The second-order valence-corrected chi connectivity index (χ2v) is 7.45. The lowest BCUT2D eigenvalue weighted by Gasteiger charge is -2.32. The average molecular weight is 313 g/mol. The first kappa shape index (κ1) is 17.2. The van der Waals surface area contributed by atoms with E-state index in [1.807, 2.05) is 7.05 Å². The molecule has 2 atom stereocenters. The number of nitrogens with zero attached hydrogens (tertiary/aromatic N) is 1. The number of hydrogen-bond donors (Lipinski definition) is 1. The van der Waals surface area contributed by atoms with Crippen molar-refractivity contribution in [2.24, 2.45) is 11.8 Å². The molecule has 1 N–H and O–H groups in total. The summed E-state index contributed by atoms with van der Waals surface area (Å²) in [6, 6.07) is 0. The van der Waals surface area contributed by atoms with Crippen LogP contribution in [0.2, 0.25) is 0 Å². The average Bonchev–Trinajstić information content (AvgIpc) is 2.82. The predicted octanol–water partition coefficient (Wildman–Crippen LogP) is 0.706. The lowest BCUT2D eigenvalue weighted by atomic mass is 10.00. The van der Waals surface area contributed by atoms with Crippen LogP contribution in [-0.4, -0.2) is 58.4 Å². The van der Waals surface area contributed by atoms with Gasteiger partial charge in [0.15, 0.2) is 0 Å². The molecule has 0 aliphatic carbocycles. The summed E-state index contributed by atoms with van der Waals surface area (Å²) in [5.41, 5.74) is 0. The molecular formula is C12H25ClN2O3S. The normalized spacial score (nSPS) is 29.1. The number of nitrogens with one attached hydrogen (secondary N) is 1. The van der Waals surface area contributed by atoms with Crippen LogP contribution in [0.1, 0.15) is 19.3 Å². The van der Waals surface area contributed by atoms with Gasteiger partial charge in [0.2, 0.25) is 10.0 Å². The quantitative estimate of drug-likeness (QED) is 0.812. The van der Waals surface area contributed by atoms with E-state index < -0.39 is 10.0 Å². The first-order valence-corrected chi connectivity index (χ1v) is 8.43. The Bertz CT molecular complexity index is 356. The van der Waals surface area contributed by atoms with Crippen LogP contribution < -0.4 is 5.32 Å². The highest BCUT2D eigenvalue weighted by molar-refractivity contribution is 7.89. The summed E-state index contributed by atoms with van der Waals surface area (Å²) in [4.78, 5) is 0. The highest BCUT2D eigenvalue weighted by Crippen LogP contribution is 2.22. The molecule has 2 fully saturated rings. The Balaban J connectivity index is 0.00000180. The zero-order valence-electron chi connectivity index (χ0n) is 11.5. The Morgan fingerprint density at radius 2 is 2.11 bits per heavy atom. The SMILES string of the molecule is CNCC1CCCN(S(=O)(=O)CC2CCOC2)C1.Cl. The number of hydrogen-bond acceptors (Lipinski definition) is 4. The van der Waals surface area contributed by atoms with Gasteiger partial charge >= 0.3 is 0 Å². The van der Waals surface area contributed by atoms with Crippen molar-refractivity contribution in [3.8, 4) is 0 Å². The fourth-order valence-electron chi connectivity index (χ4n) is 2.85. The molecule has 0 aromatic carbocycles. The fourth-order valence-corrected chi connectivity index (χ4v) is 4.77. The lowest BCUT2D eigenvalue weighted by molar-refractivity contribution is 0.188. The third-order valence-corrected chi connectivity index (χ3v) is 5.85. The maximum absolute atomic E-state index is 12.3. The standard InChI is InChI=1S/C12H24N2O3S.ClH/c1-13-7-11-3-2-5-14(8-11)18(15,16)10-12-4-6-17-9-12;/h11-13H,2-10H2,1H3;1H. The molecule has 2 saturated heterocycles. The molecule has 0 radical (unpaired) electrons. The van der Waals surface area contributed by atoms with Gasteiger partial charge in [0.1, 0.15) is 0 Å². The van der Waals surface area contributed by atoms with Crippen LogP contribution in [0.3, 0.4) is 0 Å². The Morgan fingerprint density at radius 3 is 2.74 bits per heavy atom. The molecule has 2 aliphatic heterocycles. The Morgan fingerprint density at radius 1 is 1.32 bits per heavy atom. The summed E-state index contributed by atoms with van der Waals surface area (Å²) >= 11 is 0. The zero-order chi connectivity index (χ0) is 13.0. The van der Waals surface area contributed by atoms with Crippen molar-refractivity contribution >= 4 is 22.4 Å². The number of halogens is 1. The van der Waals surface area contributed by atoms with Crippen LogP contribution in [0.5, 0.6) is 0 Å². The molecule has 7 heteroatoms. The topological polar surface area (TPSA) is 58.6 Å². The van der Waals surface area contributed by atoms with Gasteiger partial charge < -0.3 is 10.1 Å². The van der Waals surface area contributed by atoms with Gasteiger partial charge in [-0.2, -0.15) is 0 Å². The van der Waals surface area contributed by atoms with E-state index in [4.69, 9.17) is 4.74 Å². The van der Waals surface area contributed by atoms with Gasteiger partial charge in [-0.15, -0.1) is 12.4 Å². The summed E-state index contributed by atoms with van der Waals surface area (Å²) in [5, 5.41) is 3.14. The lowest BCUT2D eigenvalue weighted by Crippen LogP contribution is -2.44. The number of ether oxygens (including phenoxy) is 1. The van der Waals surface area contributed by atoms with Crippen LogP contribution in [0.15, 0.2) is 0 Å². The molecule has 0 aromatic heterocycles. The summed E-state index contributed by atoms with van der Waals surface area (Å²) in [6.45, 7) is 3.58. The smallest absolute Gasteiger partial charge is 0.214 e. The van der Waals surface area contributed by atoms with Gasteiger partial charge in [0.05, 0.1) is 12.4 Å². The van der Waals surface area contributed by atoms with Crippen molar-refractivity contribution in [3.05, 3.63) is 0 Å². The van der Waals surface area contributed by atoms with E-state index >= 15 is 0 Å². The van der Waals surface area contributed by atoms with Gasteiger partial charge in [-0.1, -0.05) is 0 Å². The largest absolute Gasteiger partial charge is 0.381 e. The van der Waals surface area contributed by atoms with Crippen molar-refractivity contribution < 1.29 is 13.2 Å². The van der Waals surface area contributed by atoms with E-state index in [9.17, 15) is 8.42 Å². The molecule has 19 heavy (non-hydrogen) atoms. The second-order valence-electron chi connectivity index (χ2n) is 5.43. The third-order valence-electron chi connectivity index (χ3n) is 3.84.